The number of alkyl halides is 3. The summed E-state index contributed by atoms with van der Waals surface area (Å²) in [6, 6.07) is 4.05. The average molecular weight is 448 g/mol. The molecule has 2 aromatic heterocycles. The van der Waals surface area contributed by atoms with Crippen LogP contribution in [0.5, 0.6) is 0 Å². The van der Waals surface area contributed by atoms with Crippen LogP contribution in [0.15, 0.2) is 24.5 Å². The van der Waals surface area contributed by atoms with E-state index in [0.29, 0.717) is 10.9 Å². The van der Waals surface area contributed by atoms with Crippen molar-refractivity contribution in [1.82, 2.24) is 25.1 Å². The van der Waals surface area contributed by atoms with Crippen LogP contribution in [-0.4, -0.2) is 44.9 Å². The molecule has 168 valence electrons. The monoisotopic (exact) mass is 448 g/mol. The van der Waals surface area contributed by atoms with Crippen molar-refractivity contribution < 1.29 is 22.4 Å². The molecule has 0 aliphatic carbocycles. The van der Waals surface area contributed by atoms with Crippen LogP contribution in [0.4, 0.5) is 23.4 Å². The van der Waals surface area contributed by atoms with Crippen LogP contribution >= 0.6 is 0 Å². The van der Waals surface area contributed by atoms with Crippen LogP contribution < -0.4 is 10.6 Å². The summed E-state index contributed by atoms with van der Waals surface area (Å²) in [5, 5.41) is 10.9. The molecule has 4 heterocycles. The Balaban J connectivity index is 1.75. The van der Waals surface area contributed by atoms with E-state index in [1.165, 1.54) is 18.2 Å². The van der Waals surface area contributed by atoms with Crippen LogP contribution in [0.3, 0.4) is 0 Å². The van der Waals surface area contributed by atoms with Crippen molar-refractivity contribution in [2.24, 2.45) is 5.92 Å². The second-order valence-corrected chi connectivity index (χ2v) is 8.32. The number of hydrogen-bond donors (Lipinski definition) is 2. The van der Waals surface area contributed by atoms with Gasteiger partial charge in [0, 0.05) is 17.4 Å². The Kier molecular flexibility index (Phi) is 4.88. The van der Waals surface area contributed by atoms with Gasteiger partial charge in [0.25, 0.3) is 0 Å². The molecule has 1 amide bonds. The molecule has 2 aliphatic heterocycles. The Bertz CT molecular complexity index is 1210. The number of benzene rings is 1. The normalized spacial score (nSPS) is 23.8. The van der Waals surface area contributed by atoms with Crippen LogP contribution in [0.2, 0.25) is 0 Å². The zero-order valence-corrected chi connectivity index (χ0v) is 17.1. The Hall–Kier alpha value is -3.08. The maximum Gasteiger partial charge on any atom is 0.396 e. The van der Waals surface area contributed by atoms with Gasteiger partial charge in [-0.15, -0.1) is 0 Å². The molecule has 0 saturated carbocycles. The van der Waals surface area contributed by atoms with Crippen LogP contribution in [0, 0.1) is 11.7 Å². The smallest absolute Gasteiger partial charge is 0.316 e. The molecule has 0 unspecified atom stereocenters. The highest BCUT2D eigenvalue weighted by Crippen LogP contribution is 2.47. The van der Waals surface area contributed by atoms with E-state index in [1.54, 1.807) is 4.68 Å². The molecule has 5 rings (SSSR count). The number of piperidine rings is 1. The number of halogens is 4. The number of aromatic nitrogens is 4. The van der Waals surface area contributed by atoms with Crippen molar-refractivity contribution in [3.05, 3.63) is 35.9 Å². The highest BCUT2D eigenvalue weighted by atomic mass is 19.4. The lowest BCUT2D eigenvalue weighted by Crippen LogP contribution is -2.36. The van der Waals surface area contributed by atoms with E-state index < -0.39 is 30.2 Å². The number of nitrogens with one attached hydrogen (secondary N) is 2. The fraction of sp³-hybridized carbons (Fsp3) is 0.429. The minimum Gasteiger partial charge on any atom is -0.316 e. The molecule has 1 aromatic carbocycles. The summed E-state index contributed by atoms with van der Waals surface area (Å²) in [6.07, 6.45) is -3.57. The first-order valence-corrected chi connectivity index (χ1v) is 10.3. The van der Waals surface area contributed by atoms with Crippen molar-refractivity contribution in [3.8, 4) is 11.4 Å². The van der Waals surface area contributed by atoms with Crippen LogP contribution in [-0.2, 0) is 4.79 Å². The second-order valence-electron chi connectivity index (χ2n) is 8.32. The summed E-state index contributed by atoms with van der Waals surface area (Å²) in [5.41, 5.74) is 0.493. The zero-order chi connectivity index (χ0) is 22.6. The van der Waals surface area contributed by atoms with Gasteiger partial charge in [0.15, 0.2) is 0 Å². The molecule has 11 heteroatoms. The van der Waals surface area contributed by atoms with E-state index in [1.807, 2.05) is 6.92 Å². The Morgan fingerprint density at radius 3 is 2.75 bits per heavy atom. The molecule has 7 nitrogen and oxygen atoms in total. The quantitative estimate of drug-likeness (QED) is 0.583. The first-order chi connectivity index (χ1) is 15.2. The fourth-order valence-corrected chi connectivity index (χ4v) is 4.67. The number of carbonyl (C=O) groups excluding carboxylic acids is 1. The first-order valence-electron chi connectivity index (χ1n) is 10.3. The minimum absolute atomic E-state index is 0.00530. The molecule has 3 atom stereocenters. The van der Waals surface area contributed by atoms with Gasteiger partial charge in [0.2, 0.25) is 5.91 Å². The van der Waals surface area contributed by atoms with Gasteiger partial charge in [0.05, 0.1) is 17.5 Å². The molecule has 1 fully saturated rings. The topological polar surface area (TPSA) is 84.7 Å². The molecule has 1 saturated heterocycles. The van der Waals surface area contributed by atoms with E-state index >= 15 is 0 Å². The molecule has 0 spiro atoms. The molecule has 2 aliphatic rings. The number of hydrogen-bond acceptors (Lipinski definition) is 5. The predicted molar refractivity (Wildman–Crippen MR) is 108 cm³/mol. The lowest BCUT2D eigenvalue weighted by Gasteiger charge is -2.30. The third kappa shape index (κ3) is 3.40. The molecule has 2 N–H and O–H groups in total. The van der Waals surface area contributed by atoms with Crippen molar-refractivity contribution in [2.45, 2.75) is 37.9 Å². The van der Waals surface area contributed by atoms with Gasteiger partial charge in [-0.25, -0.2) is 14.4 Å². The summed E-state index contributed by atoms with van der Waals surface area (Å²) in [6.45, 7) is 3.55. The van der Waals surface area contributed by atoms with Gasteiger partial charge in [-0.05, 0) is 43.6 Å². The van der Waals surface area contributed by atoms with Crippen molar-refractivity contribution in [2.75, 3.05) is 18.4 Å². The van der Waals surface area contributed by atoms with E-state index in [9.17, 15) is 22.4 Å². The summed E-state index contributed by atoms with van der Waals surface area (Å²) in [7, 11) is 0. The third-order valence-corrected chi connectivity index (χ3v) is 6.22. The number of amides is 1. The maximum atomic E-state index is 14.2. The number of carbonyl (C=O) groups is 1. The van der Waals surface area contributed by atoms with E-state index in [4.69, 9.17) is 0 Å². The average Bonchev–Trinajstić information content (AvgIpc) is 3.10. The van der Waals surface area contributed by atoms with Gasteiger partial charge in [-0.2, -0.15) is 18.3 Å². The van der Waals surface area contributed by atoms with E-state index in [0.717, 1.165) is 25.8 Å². The van der Waals surface area contributed by atoms with Gasteiger partial charge < -0.3 is 10.6 Å². The Morgan fingerprint density at radius 2 is 2.00 bits per heavy atom. The standard InChI is InChI=1S/C21H20F4N6O/c1-10-8-26-5-4-14(10)31-15-6-11(22)2-3-12(15)18(30-31)19-17-13(21(23,24)25)7-16(32)29-20(17)28-9-27-19/h2-3,6,9-10,13-14,26H,4-5,7-8H2,1H3,(H,27,28,29,32)/t10-,13+,14+/m0/s1. The maximum absolute atomic E-state index is 14.2. The minimum atomic E-state index is -4.67. The van der Waals surface area contributed by atoms with Gasteiger partial charge >= 0.3 is 6.18 Å². The molecule has 0 bridgehead atoms. The number of anilines is 1. The Labute approximate surface area is 180 Å². The summed E-state index contributed by atoms with van der Waals surface area (Å²) < 4.78 is 57.5. The van der Waals surface area contributed by atoms with Crippen LogP contribution in [0.1, 0.15) is 37.3 Å². The van der Waals surface area contributed by atoms with E-state index in [-0.39, 0.29) is 34.7 Å². The predicted octanol–water partition coefficient (Wildman–Crippen LogP) is 3.79. The number of fused-ring (bicyclic) bond motifs is 2. The highest BCUT2D eigenvalue weighted by molar-refractivity contribution is 5.98. The van der Waals surface area contributed by atoms with Crippen molar-refractivity contribution in [1.29, 1.82) is 0 Å². The van der Waals surface area contributed by atoms with Crippen molar-refractivity contribution >= 4 is 22.6 Å². The van der Waals surface area contributed by atoms with E-state index in [2.05, 4.69) is 25.7 Å². The molecule has 3 aromatic rings. The largest absolute Gasteiger partial charge is 0.396 e. The second kappa shape index (κ2) is 7.51. The number of nitrogens with zero attached hydrogens (tertiary/aromatic N) is 4. The molecule has 32 heavy (non-hydrogen) atoms. The third-order valence-electron chi connectivity index (χ3n) is 6.22. The van der Waals surface area contributed by atoms with Crippen molar-refractivity contribution in [3.63, 3.8) is 0 Å². The fourth-order valence-electron chi connectivity index (χ4n) is 4.67. The first kappa shape index (κ1) is 20.8. The molecular formula is C21H20F4N6O. The highest BCUT2D eigenvalue weighted by Gasteiger charge is 2.47. The SMILES string of the molecule is C[C@H]1CNCC[C@H]1n1nc(-c2ncnc3c2[C@H](C(F)(F)F)CC(=O)N3)c2ccc(F)cc21. The van der Waals surface area contributed by atoms with Gasteiger partial charge in [-0.1, -0.05) is 6.92 Å². The zero-order valence-electron chi connectivity index (χ0n) is 17.1. The lowest BCUT2D eigenvalue weighted by atomic mass is 9.89. The number of rotatable bonds is 2. The van der Waals surface area contributed by atoms with Gasteiger partial charge in [0.1, 0.15) is 29.4 Å². The lowest BCUT2D eigenvalue weighted by molar-refractivity contribution is -0.156. The summed E-state index contributed by atoms with van der Waals surface area (Å²) >= 11 is 0. The molecular weight excluding hydrogens is 428 g/mol. The summed E-state index contributed by atoms with van der Waals surface area (Å²) in [4.78, 5) is 19.9. The Morgan fingerprint density at radius 1 is 1.19 bits per heavy atom. The molecule has 0 radical (unpaired) electrons. The van der Waals surface area contributed by atoms with Gasteiger partial charge in [-0.3, -0.25) is 9.48 Å². The van der Waals surface area contributed by atoms with Crippen LogP contribution in [0.25, 0.3) is 22.3 Å². The summed E-state index contributed by atoms with van der Waals surface area (Å²) in [5.74, 6) is -3.26.